The van der Waals surface area contributed by atoms with Gasteiger partial charge in [0.25, 0.3) is 0 Å². The number of benzene rings is 1. The number of nitrogens with zero attached hydrogens (tertiary/aromatic N) is 2. The minimum absolute atomic E-state index is 0.0922. The van der Waals surface area contributed by atoms with E-state index in [1.54, 1.807) is 10.9 Å². The molecule has 1 unspecified atom stereocenters. The molecule has 2 N–H and O–H groups in total. The molecule has 1 heterocycles. The van der Waals surface area contributed by atoms with Crippen molar-refractivity contribution in [3.05, 3.63) is 36.0 Å². The number of hydrogen-bond donors (Lipinski definition) is 1. The third-order valence-electron chi connectivity index (χ3n) is 3.01. The molecule has 96 valence electrons. The van der Waals surface area contributed by atoms with Gasteiger partial charge in [-0.15, -0.1) is 0 Å². The zero-order valence-electron chi connectivity index (χ0n) is 10.3. The smallest absolute Gasteiger partial charge is 0.168 e. The van der Waals surface area contributed by atoms with Crippen LogP contribution in [0.5, 0.6) is 0 Å². The third-order valence-corrected chi connectivity index (χ3v) is 3.01. The molecule has 5 heteroatoms. The van der Waals surface area contributed by atoms with Crippen LogP contribution >= 0.6 is 0 Å². The molecule has 2 rings (SSSR count). The Hall–Kier alpha value is -1.91. The fourth-order valence-electron chi connectivity index (χ4n) is 1.71. The van der Waals surface area contributed by atoms with Gasteiger partial charge >= 0.3 is 0 Å². The molecule has 2 aromatic rings. The van der Waals surface area contributed by atoms with Crippen molar-refractivity contribution < 1.29 is 8.78 Å². The first-order valence-electron chi connectivity index (χ1n) is 5.83. The van der Waals surface area contributed by atoms with Gasteiger partial charge < -0.3 is 5.73 Å². The van der Waals surface area contributed by atoms with E-state index in [0.717, 1.165) is 12.5 Å². The summed E-state index contributed by atoms with van der Waals surface area (Å²) in [6.45, 7) is 4.00. The summed E-state index contributed by atoms with van der Waals surface area (Å²) in [5.74, 6) is -1.82. The molecule has 1 aromatic heterocycles. The van der Waals surface area contributed by atoms with Gasteiger partial charge in [-0.2, -0.15) is 5.10 Å². The lowest BCUT2D eigenvalue weighted by atomic mass is 10.1. The predicted octanol–water partition coefficient (Wildman–Crippen LogP) is 3.38. The molecule has 18 heavy (non-hydrogen) atoms. The Labute approximate surface area is 104 Å². The van der Waals surface area contributed by atoms with Crippen molar-refractivity contribution in [3.8, 4) is 11.3 Å². The summed E-state index contributed by atoms with van der Waals surface area (Å²) in [6.07, 6.45) is 2.53. The topological polar surface area (TPSA) is 43.8 Å². The van der Waals surface area contributed by atoms with Crippen LogP contribution in [0.15, 0.2) is 24.4 Å². The number of anilines is 1. The summed E-state index contributed by atoms with van der Waals surface area (Å²) >= 11 is 0. The molecule has 0 bridgehead atoms. The fraction of sp³-hybridized carbons (Fsp3) is 0.308. The number of hydrogen-bond acceptors (Lipinski definition) is 2. The van der Waals surface area contributed by atoms with Gasteiger partial charge in [-0.05, 0) is 25.5 Å². The van der Waals surface area contributed by atoms with Gasteiger partial charge in [0, 0.05) is 17.8 Å². The molecule has 1 aromatic carbocycles. The van der Waals surface area contributed by atoms with Crippen molar-refractivity contribution in [1.82, 2.24) is 9.78 Å². The summed E-state index contributed by atoms with van der Waals surface area (Å²) in [7, 11) is 0. The Kier molecular flexibility index (Phi) is 3.32. The lowest BCUT2D eigenvalue weighted by molar-refractivity contribution is 0.478. The van der Waals surface area contributed by atoms with Crippen molar-refractivity contribution >= 4 is 5.69 Å². The highest BCUT2D eigenvalue weighted by molar-refractivity contribution is 5.72. The van der Waals surface area contributed by atoms with Crippen LogP contribution in [0.1, 0.15) is 26.3 Å². The lowest BCUT2D eigenvalue weighted by Crippen LogP contribution is -2.04. The number of nitrogen functional groups attached to an aromatic ring is 1. The van der Waals surface area contributed by atoms with E-state index in [4.69, 9.17) is 5.73 Å². The Morgan fingerprint density at radius 1 is 1.39 bits per heavy atom. The second kappa shape index (κ2) is 4.76. The number of rotatable bonds is 3. The zero-order valence-corrected chi connectivity index (χ0v) is 10.3. The molecular formula is C13H15F2N3. The van der Waals surface area contributed by atoms with Crippen LogP contribution in [0.25, 0.3) is 11.3 Å². The summed E-state index contributed by atoms with van der Waals surface area (Å²) in [4.78, 5) is 0. The lowest BCUT2D eigenvalue weighted by Gasteiger charge is -2.08. The minimum atomic E-state index is -0.918. The number of aromatic nitrogens is 2. The molecule has 0 fully saturated rings. The van der Waals surface area contributed by atoms with Gasteiger partial charge in [-0.25, -0.2) is 8.78 Å². The molecule has 3 nitrogen and oxygen atoms in total. The van der Waals surface area contributed by atoms with Gasteiger partial charge in [0.15, 0.2) is 11.6 Å². The van der Waals surface area contributed by atoms with Crippen molar-refractivity contribution in [2.75, 3.05) is 5.73 Å². The van der Waals surface area contributed by atoms with Crippen molar-refractivity contribution in [3.63, 3.8) is 0 Å². The van der Waals surface area contributed by atoms with Gasteiger partial charge in [0.05, 0.1) is 5.69 Å². The Balaban J connectivity index is 2.51. The van der Waals surface area contributed by atoms with Crippen LogP contribution in [0.4, 0.5) is 14.5 Å². The predicted molar refractivity (Wildman–Crippen MR) is 67.0 cm³/mol. The van der Waals surface area contributed by atoms with E-state index < -0.39 is 11.6 Å². The maximum absolute atomic E-state index is 13.7. The molecule has 0 aliphatic rings. The standard InChI is InChI=1S/C13H15F2N3/c1-3-8(2)18-7-11(16)13(17-18)9-5-4-6-10(14)12(9)15/h4-8H,3,16H2,1-2H3. The van der Waals surface area contributed by atoms with Gasteiger partial charge in [-0.3, -0.25) is 4.68 Å². The molecule has 0 saturated carbocycles. The van der Waals surface area contributed by atoms with Crippen LogP contribution in [0.3, 0.4) is 0 Å². The average molecular weight is 251 g/mol. The Bertz CT molecular complexity index is 563. The largest absolute Gasteiger partial charge is 0.396 e. The van der Waals surface area contributed by atoms with Crippen molar-refractivity contribution in [1.29, 1.82) is 0 Å². The molecule has 0 spiro atoms. The number of nitrogens with two attached hydrogens (primary N) is 1. The molecule has 0 aliphatic carbocycles. The van der Waals surface area contributed by atoms with E-state index >= 15 is 0 Å². The van der Waals surface area contributed by atoms with Crippen LogP contribution in [0.2, 0.25) is 0 Å². The van der Waals surface area contributed by atoms with Crippen LogP contribution in [0, 0.1) is 11.6 Å². The van der Waals surface area contributed by atoms with E-state index in [-0.39, 0.29) is 17.3 Å². The van der Waals surface area contributed by atoms with Crippen LogP contribution < -0.4 is 5.73 Å². The minimum Gasteiger partial charge on any atom is -0.396 e. The first-order valence-corrected chi connectivity index (χ1v) is 5.83. The highest BCUT2D eigenvalue weighted by atomic mass is 19.2. The molecule has 1 atom stereocenters. The summed E-state index contributed by atoms with van der Waals surface area (Å²) in [5.41, 5.74) is 6.54. The van der Waals surface area contributed by atoms with E-state index in [9.17, 15) is 8.78 Å². The second-order valence-corrected chi connectivity index (χ2v) is 4.27. The van der Waals surface area contributed by atoms with Crippen LogP contribution in [-0.2, 0) is 0 Å². The first kappa shape index (κ1) is 12.5. The van der Waals surface area contributed by atoms with E-state index in [2.05, 4.69) is 5.10 Å². The quantitative estimate of drug-likeness (QED) is 0.908. The fourth-order valence-corrected chi connectivity index (χ4v) is 1.71. The Morgan fingerprint density at radius 3 is 2.78 bits per heavy atom. The van der Waals surface area contributed by atoms with Crippen molar-refractivity contribution in [2.24, 2.45) is 0 Å². The van der Waals surface area contributed by atoms with Gasteiger partial charge in [0.2, 0.25) is 0 Å². The van der Waals surface area contributed by atoms with Crippen molar-refractivity contribution in [2.45, 2.75) is 26.3 Å². The molecular weight excluding hydrogens is 236 g/mol. The maximum atomic E-state index is 13.7. The van der Waals surface area contributed by atoms with E-state index in [0.29, 0.717) is 5.69 Å². The second-order valence-electron chi connectivity index (χ2n) is 4.27. The summed E-state index contributed by atoms with van der Waals surface area (Å²) in [6, 6.07) is 4.14. The average Bonchev–Trinajstić information content (AvgIpc) is 2.74. The van der Waals surface area contributed by atoms with E-state index in [1.807, 2.05) is 13.8 Å². The molecule has 0 aliphatic heterocycles. The zero-order chi connectivity index (χ0) is 13.3. The molecule has 0 amide bonds. The highest BCUT2D eigenvalue weighted by Gasteiger charge is 2.16. The monoisotopic (exact) mass is 251 g/mol. The molecule has 0 radical (unpaired) electrons. The normalized spacial score (nSPS) is 12.7. The SMILES string of the molecule is CCC(C)n1cc(N)c(-c2cccc(F)c2F)n1. The molecule has 0 saturated heterocycles. The first-order chi connectivity index (χ1) is 8.54. The van der Waals surface area contributed by atoms with Crippen LogP contribution in [-0.4, -0.2) is 9.78 Å². The van der Waals surface area contributed by atoms with Gasteiger partial charge in [-0.1, -0.05) is 13.0 Å². The third kappa shape index (κ3) is 2.08. The van der Waals surface area contributed by atoms with E-state index in [1.165, 1.54) is 12.1 Å². The summed E-state index contributed by atoms with van der Waals surface area (Å²) < 4.78 is 28.5. The summed E-state index contributed by atoms with van der Waals surface area (Å²) in [5, 5.41) is 4.24. The Morgan fingerprint density at radius 2 is 2.11 bits per heavy atom. The highest BCUT2D eigenvalue weighted by Crippen LogP contribution is 2.29. The maximum Gasteiger partial charge on any atom is 0.168 e. The number of halogens is 2. The van der Waals surface area contributed by atoms with Gasteiger partial charge in [0.1, 0.15) is 5.69 Å².